The first kappa shape index (κ1) is 19.3. The van der Waals surface area contributed by atoms with Gasteiger partial charge in [-0.2, -0.15) is 13.2 Å². The van der Waals surface area contributed by atoms with Crippen LogP contribution in [0.3, 0.4) is 0 Å². The number of carbonyl (C=O) groups is 2. The molecule has 10 heteroatoms. The highest BCUT2D eigenvalue weighted by molar-refractivity contribution is 5.96. The molecule has 0 aliphatic carbocycles. The van der Waals surface area contributed by atoms with Gasteiger partial charge in [-0.15, -0.1) is 0 Å². The number of aliphatic hydroxyl groups excluding tert-OH is 1. The summed E-state index contributed by atoms with van der Waals surface area (Å²) in [7, 11) is 0. The van der Waals surface area contributed by atoms with Crippen LogP contribution in [0.1, 0.15) is 33.3 Å². The van der Waals surface area contributed by atoms with Crippen LogP contribution in [0.4, 0.5) is 18.0 Å². The molecule has 1 heterocycles. The number of hydrazine groups is 1. The fourth-order valence-corrected chi connectivity index (χ4v) is 2.19. The molecule has 7 nitrogen and oxygen atoms in total. The van der Waals surface area contributed by atoms with Gasteiger partial charge in [-0.25, -0.2) is 10.2 Å². The molecule has 1 atom stereocenters. The summed E-state index contributed by atoms with van der Waals surface area (Å²) in [4.78, 5) is 23.4. The lowest BCUT2D eigenvalue weighted by Crippen LogP contribution is -2.47. The molecule has 2 aromatic rings. The second kappa shape index (κ2) is 7.91. The van der Waals surface area contributed by atoms with Crippen LogP contribution in [0, 0.1) is 6.92 Å². The minimum atomic E-state index is -4.63. The third-order valence-electron chi connectivity index (χ3n) is 3.47. The standard InChI is InChI=1S/C16H16F3N3O4/c1-9-10(6-7-26-9)14(24)21-22-15(25)20-8-13(23)11-4-2-3-5-12(11)16(17,18)19/h2-7,13,23H,8H2,1H3,(H,21,24)(H2,20,22,25). The van der Waals surface area contributed by atoms with Crippen LogP contribution in [0.25, 0.3) is 0 Å². The van der Waals surface area contributed by atoms with Crippen molar-refractivity contribution in [1.82, 2.24) is 16.2 Å². The highest BCUT2D eigenvalue weighted by Crippen LogP contribution is 2.34. The summed E-state index contributed by atoms with van der Waals surface area (Å²) in [6, 6.07) is 5.02. The molecule has 0 aliphatic heterocycles. The van der Waals surface area contributed by atoms with Crippen LogP contribution in [0.5, 0.6) is 0 Å². The second-order valence-corrected chi connectivity index (χ2v) is 5.28. The summed E-state index contributed by atoms with van der Waals surface area (Å²) in [6.07, 6.45) is -4.90. The first-order chi connectivity index (χ1) is 12.2. The number of furan rings is 1. The smallest absolute Gasteiger partial charge is 0.416 e. The molecule has 0 fully saturated rings. The number of rotatable bonds is 4. The molecule has 2 rings (SSSR count). The molecular formula is C16H16F3N3O4. The van der Waals surface area contributed by atoms with Crippen LogP contribution >= 0.6 is 0 Å². The predicted molar refractivity (Wildman–Crippen MR) is 83.8 cm³/mol. The Morgan fingerprint density at radius 3 is 2.50 bits per heavy atom. The van der Waals surface area contributed by atoms with Gasteiger partial charge >= 0.3 is 12.2 Å². The van der Waals surface area contributed by atoms with Crippen molar-refractivity contribution < 1.29 is 32.3 Å². The van der Waals surface area contributed by atoms with Crippen LogP contribution < -0.4 is 16.2 Å². The Morgan fingerprint density at radius 1 is 1.19 bits per heavy atom. The van der Waals surface area contributed by atoms with Gasteiger partial charge in [0.2, 0.25) is 0 Å². The van der Waals surface area contributed by atoms with Gasteiger partial charge in [-0.05, 0) is 24.6 Å². The Morgan fingerprint density at radius 2 is 1.88 bits per heavy atom. The van der Waals surface area contributed by atoms with Gasteiger partial charge in [0.15, 0.2) is 0 Å². The van der Waals surface area contributed by atoms with Gasteiger partial charge in [-0.1, -0.05) is 18.2 Å². The van der Waals surface area contributed by atoms with Gasteiger partial charge in [0.25, 0.3) is 5.91 Å². The SMILES string of the molecule is Cc1occc1C(=O)NNC(=O)NCC(O)c1ccccc1C(F)(F)F. The average molecular weight is 371 g/mol. The number of urea groups is 1. The highest BCUT2D eigenvalue weighted by atomic mass is 19.4. The van der Waals surface area contributed by atoms with E-state index >= 15 is 0 Å². The van der Waals surface area contributed by atoms with Crippen molar-refractivity contribution in [3.63, 3.8) is 0 Å². The zero-order valence-corrected chi connectivity index (χ0v) is 13.6. The molecule has 26 heavy (non-hydrogen) atoms. The molecule has 1 unspecified atom stereocenters. The monoisotopic (exact) mass is 371 g/mol. The lowest BCUT2D eigenvalue weighted by atomic mass is 10.0. The molecule has 0 aliphatic rings. The van der Waals surface area contributed by atoms with E-state index in [0.29, 0.717) is 5.76 Å². The number of hydrogen-bond acceptors (Lipinski definition) is 4. The van der Waals surface area contributed by atoms with Crippen LogP contribution in [-0.2, 0) is 6.18 Å². The number of nitrogens with one attached hydrogen (secondary N) is 3. The zero-order chi connectivity index (χ0) is 19.3. The quantitative estimate of drug-likeness (QED) is 0.619. The maximum absolute atomic E-state index is 12.9. The predicted octanol–water partition coefficient (Wildman–Crippen LogP) is 2.28. The third-order valence-corrected chi connectivity index (χ3v) is 3.47. The summed E-state index contributed by atoms with van der Waals surface area (Å²) < 4.78 is 43.7. The fraction of sp³-hybridized carbons (Fsp3) is 0.250. The molecule has 0 bridgehead atoms. The topological polar surface area (TPSA) is 104 Å². The number of hydrogen-bond donors (Lipinski definition) is 4. The van der Waals surface area contributed by atoms with Crippen molar-refractivity contribution >= 4 is 11.9 Å². The number of aryl methyl sites for hydroxylation is 1. The Kier molecular flexibility index (Phi) is 5.88. The van der Waals surface area contributed by atoms with Crippen molar-refractivity contribution in [2.24, 2.45) is 0 Å². The molecule has 0 saturated carbocycles. The maximum Gasteiger partial charge on any atom is 0.416 e. The molecule has 140 valence electrons. The molecule has 0 saturated heterocycles. The maximum atomic E-state index is 12.9. The molecule has 0 spiro atoms. The largest absolute Gasteiger partial charge is 0.469 e. The van der Waals surface area contributed by atoms with Gasteiger partial charge in [0.1, 0.15) is 5.76 Å². The fourth-order valence-electron chi connectivity index (χ4n) is 2.19. The second-order valence-electron chi connectivity index (χ2n) is 5.28. The molecular weight excluding hydrogens is 355 g/mol. The van der Waals surface area contributed by atoms with E-state index in [1.54, 1.807) is 6.92 Å². The van der Waals surface area contributed by atoms with E-state index in [1.807, 2.05) is 5.43 Å². The summed E-state index contributed by atoms with van der Waals surface area (Å²) in [5, 5.41) is 12.1. The first-order valence-electron chi connectivity index (χ1n) is 7.42. The Hall–Kier alpha value is -3.01. The first-order valence-corrected chi connectivity index (χ1v) is 7.42. The zero-order valence-electron chi connectivity index (χ0n) is 13.6. The van der Waals surface area contributed by atoms with E-state index in [9.17, 15) is 27.9 Å². The number of carbonyl (C=O) groups excluding carboxylic acids is 2. The van der Waals surface area contributed by atoms with Crippen molar-refractivity contribution in [2.75, 3.05) is 6.54 Å². The number of aliphatic hydroxyl groups is 1. The van der Waals surface area contributed by atoms with E-state index in [0.717, 1.165) is 12.1 Å². The number of halogens is 3. The van der Waals surface area contributed by atoms with Gasteiger partial charge in [-0.3, -0.25) is 10.2 Å². The summed E-state index contributed by atoms with van der Waals surface area (Å²) in [6.45, 7) is 1.07. The summed E-state index contributed by atoms with van der Waals surface area (Å²) in [5.41, 5.74) is 2.99. The lowest BCUT2D eigenvalue weighted by Gasteiger charge is -2.18. The summed E-state index contributed by atoms with van der Waals surface area (Å²) >= 11 is 0. The molecule has 4 N–H and O–H groups in total. The lowest BCUT2D eigenvalue weighted by molar-refractivity contribution is -0.139. The molecule has 1 aromatic heterocycles. The van der Waals surface area contributed by atoms with E-state index < -0.39 is 36.3 Å². The van der Waals surface area contributed by atoms with Crippen molar-refractivity contribution in [2.45, 2.75) is 19.2 Å². The van der Waals surface area contributed by atoms with Crippen LogP contribution in [0.2, 0.25) is 0 Å². The Balaban J connectivity index is 1.88. The van der Waals surface area contributed by atoms with Crippen molar-refractivity contribution in [3.8, 4) is 0 Å². The normalized spacial score (nSPS) is 12.3. The van der Waals surface area contributed by atoms with E-state index in [2.05, 4.69) is 10.7 Å². The highest BCUT2D eigenvalue weighted by Gasteiger charge is 2.34. The molecule has 1 aromatic carbocycles. The average Bonchev–Trinajstić information content (AvgIpc) is 3.02. The molecule has 3 amide bonds. The van der Waals surface area contributed by atoms with Crippen molar-refractivity contribution in [1.29, 1.82) is 0 Å². The van der Waals surface area contributed by atoms with E-state index in [1.165, 1.54) is 24.5 Å². The molecule has 0 radical (unpaired) electrons. The van der Waals surface area contributed by atoms with Gasteiger partial charge in [0.05, 0.1) is 23.5 Å². The van der Waals surface area contributed by atoms with Crippen LogP contribution in [0.15, 0.2) is 41.0 Å². The van der Waals surface area contributed by atoms with Gasteiger partial charge < -0.3 is 14.8 Å². The minimum Gasteiger partial charge on any atom is -0.469 e. The Labute approximate surface area is 146 Å². The minimum absolute atomic E-state index is 0.212. The van der Waals surface area contributed by atoms with Crippen molar-refractivity contribution in [3.05, 3.63) is 59.0 Å². The number of benzene rings is 1. The summed E-state index contributed by atoms with van der Waals surface area (Å²) in [5.74, 6) is -0.279. The van der Waals surface area contributed by atoms with E-state index in [4.69, 9.17) is 4.42 Å². The number of alkyl halides is 3. The number of amides is 3. The van der Waals surface area contributed by atoms with Gasteiger partial charge in [0, 0.05) is 6.54 Å². The Bertz CT molecular complexity index is 789. The van der Waals surface area contributed by atoms with E-state index in [-0.39, 0.29) is 11.1 Å². The van der Waals surface area contributed by atoms with Crippen LogP contribution in [-0.4, -0.2) is 23.6 Å². The third kappa shape index (κ3) is 4.76.